The highest BCUT2D eigenvalue weighted by atomic mass is 16.1. The summed E-state index contributed by atoms with van der Waals surface area (Å²) in [7, 11) is 0. The molecule has 0 aliphatic carbocycles. The van der Waals surface area contributed by atoms with E-state index in [2.05, 4.69) is 0 Å². The van der Waals surface area contributed by atoms with Crippen LogP contribution in [-0.4, -0.2) is 11.6 Å². The van der Waals surface area contributed by atoms with Crippen LogP contribution in [0.5, 0.6) is 0 Å². The van der Waals surface area contributed by atoms with Gasteiger partial charge in [-0.3, -0.25) is 9.59 Å². The number of benzene rings is 2. The maximum Gasteiger partial charge on any atom is 0.170 e. The molecule has 2 aromatic rings. The second kappa shape index (κ2) is 6.10. The molecule has 19 heavy (non-hydrogen) atoms. The second-order valence-corrected chi connectivity index (χ2v) is 4.44. The van der Waals surface area contributed by atoms with Crippen LogP contribution >= 0.6 is 0 Å². The molecule has 0 atom stereocenters. The van der Waals surface area contributed by atoms with Crippen molar-refractivity contribution in [2.75, 3.05) is 0 Å². The molecule has 2 aromatic carbocycles. The summed E-state index contributed by atoms with van der Waals surface area (Å²) >= 11 is 0. The smallest absolute Gasteiger partial charge is 0.170 e. The third-order valence-corrected chi connectivity index (χ3v) is 3.07. The molecule has 0 heterocycles. The van der Waals surface area contributed by atoms with Gasteiger partial charge >= 0.3 is 0 Å². The topological polar surface area (TPSA) is 34.1 Å². The Morgan fingerprint density at radius 2 is 1.42 bits per heavy atom. The second-order valence-electron chi connectivity index (χ2n) is 4.44. The molecule has 0 aliphatic rings. The van der Waals surface area contributed by atoms with Crippen molar-refractivity contribution in [1.29, 1.82) is 0 Å². The molecule has 2 rings (SSSR count). The Bertz CT molecular complexity index is 568. The molecule has 2 nitrogen and oxygen atoms in total. The first-order valence-electron chi connectivity index (χ1n) is 6.41. The fourth-order valence-corrected chi connectivity index (χ4v) is 1.89. The summed E-state index contributed by atoms with van der Waals surface area (Å²) in [4.78, 5) is 23.1. The number of hydrogen-bond acceptors (Lipinski definition) is 2. The lowest BCUT2D eigenvalue weighted by atomic mass is 10.0. The van der Waals surface area contributed by atoms with Crippen molar-refractivity contribution in [1.82, 2.24) is 0 Å². The van der Waals surface area contributed by atoms with Gasteiger partial charge in [0.1, 0.15) is 5.78 Å². The van der Waals surface area contributed by atoms with Crippen LogP contribution in [0.4, 0.5) is 0 Å². The van der Waals surface area contributed by atoms with Gasteiger partial charge in [0.15, 0.2) is 5.78 Å². The van der Waals surface area contributed by atoms with Gasteiger partial charge in [-0.1, -0.05) is 61.5 Å². The summed E-state index contributed by atoms with van der Waals surface area (Å²) in [6.07, 6.45) is 0.412. The van der Waals surface area contributed by atoms with Crippen LogP contribution in [0, 0.1) is 0 Å². The van der Waals surface area contributed by atoms with Gasteiger partial charge in [-0.05, 0) is 11.1 Å². The highest BCUT2D eigenvalue weighted by molar-refractivity contribution is 6.08. The summed E-state index contributed by atoms with van der Waals surface area (Å²) in [5.74, 6) is -0.122. The van der Waals surface area contributed by atoms with E-state index in [1.807, 2.05) is 42.5 Å². The summed E-state index contributed by atoms with van der Waals surface area (Å²) in [6, 6.07) is 17.4. The number of Topliss-reactive ketones (excluding diaryl/α,β-unsaturated/α-hetero) is 2. The average Bonchev–Trinajstić information content (AvgIpc) is 2.48. The molecule has 0 fully saturated rings. The average molecular weight is 252 g/mol. The van der Waals surface area contributed by atoms with Gasteiger partial charge in [0.2, 0.25) is 0 Å². The molecule has 2 heteroatoms. The van der Waals surface area contributed by atoms with E-state index in [9.17, 15) is 9.59 Å². The highest BCUT2D eigenvalue weighted by Gasteiger charge is 2.10. The van der Waals surface area contributed by atoms with E-state index in [1.165, 1.54) is 0 Å². The zero-order valence-electron chi connectivity index (χ0n) is 10.9. The maximum atomic E-state index is 11.8. The molecule has 96 valence electrons. The highest BCUT2D eigenvalue weighted by Crippen LogP contribution is 2.19. The van der Waals surface area contributed by atoms with Gasteiger partial charge in [0, 0.05) is 12.0 Å². The molecule has 0 unspecified atom stereocenters. The SMILES string of the molecule is CCC(=O)CC(=O)c1ccc(-c2ccccc2)cc1. The minimum Gasteiger partial charge on any atom is -0.299 e. The Balaban J connectivity index is 2.15. The first-order chi connectivity index (χ1) is 9.20. The van der Waals surface area contributed by atoms with E-state index in [4.69, 9.17) is 0 Å². The fourth-order valence-electron chi connectivity index (χ4n) is 1.89. The zero-order valence-corrected chi connectivity index (χ0v) is 10.9. The van der Waals surface area contributed by atoms with Crippen molar-refractivity contribution in [2.45, 2.75) is 19.8 Å². The predicted molar refractivity (Wildman–Crippen MR) is 76.1 cm³/mol. The fraction of sp³-hybridized carbons (Fsp3) is 0.176. The first kappa shape index (κ1) is 13.2. The van der Waals surface area contributed by atoms with Crippen LogP contribution in [0.1, 0.15) is 30.1 Å². The number of rotatable bonds is 5. The van der Waals surface area contributed by atoms with Crippen molar-refractivity contribution in [3.63, 3.8) is 0 Å². The van der Waals surface area contributed by atoms with Crippen molar-refractivity contribution in [3.8, 4) is 11.1 Å². The molecule has 0 N–H and O–H groups in total. The standard InChI is InChI=1S/C17H16O2/c1-2-16(18)12-17(19)15-10-8-14(9-11-15)13-6-4-3-5-7-13/h3-11H,2,12H2,1H3. The molecule has 0 saturated heterocycles. The van der Waals surface area contributed by atoms with Gasteiger partial charge in [0.05, 0.1) is 6.42 Å². The van der Waals surface area contributed by atoms with E-state index in [0.29, 0.717) is 12.0 Å². The van der Waals surface area contributed by atoms with Gasteiger partial charge in [0.25, 0.3) is 0 Å². The van der Waals surface area contributed by atoms with Crippen molar-refractivity contribution in [2.24, 2.45) is 0 Å². The summed E-state index contributed by atoms with van der Waals surface area (Å²) in [5, 5.41) is 0. The molecular formula is C17H16O2. The largest absolute Gasteiger partial charge is 0.299 e. The van der Waals surface area contributed by atoms with E-state index < -0.39 is 0 Å². The molecule has 0 spiro atoms. The third-order valence-electron chi connectivity index (χ3n) is 3.07. The summed E-state index contributed by atoms with van der Waals surface area (Å²) < 4.78 is 0. The quantitative estimate of drug-likeness (QED) is 0.597. The van der Waals surface area contributed by atoms with Crippen LogP contribution < -0.4 is 0 Å². The van der Waals surface area contributed by atoms with Crippen LogP contribution in [0.25, 0.3) is 11.1 Å². The van der Waals surface area contributed by atoms with E-state index >= 15 is 0 Å². The van der Waals surface area contributed by atoms with Gasteiger partial charge in [-0.2, -0.15) is 0 Å². The monoisotopic (exact) mass is 252 g/mol. The number of ketones is 2. The van der Waals surface area contributed by atoms with Crippen LogP contribution in [-0.2, 0) is 4.79 Å². The number of carbonyl (C=O) groups excluding carboxylic acids is 2. The summed E-state index contributed by atoms with van der Waals surface area (Å²) in [6.45, 7) is 1.77. The first-order valence-corrected chi connectivity index (χ1v) is 6.41. The van der Waals surface area contributed by atoms with Gasteiger partial charge in [-0.25, -0.2) is 0 Å². The molecule has 0 aliphatic heterocycles. The van der Waals surface area contributed by atoms with Gasteiger partial charge < -0.3 is 0 Å². The Kier molecular flexibility index (Phi) is 4.24. The van der Waals surface area contributed by atoms with Crippen LogP contribution in [0.3, 0.4) is 0 Å². The van der Waals surface area contributed by atoms with Crippen molar-refractivity contribution < 1.29 is 9.59 Å². The third kappa shape index (κ3) is 3.38. The van der Waals surface area contributed by atoms with E-state index in [0.717, 1.165) is 11.1 Å². The van der Waals surface area contributed by atoms with E-state index in [-0.39, 0.29) is 18.0 Å². The maximum absolute atomic E-state index is 11.8. The Morgan fingerprint density at radius 3 is 2.00 bits per heavy atom. The molecule has 0 saturated carbocycles. The van der Waals surface area contributed by atoms with Crippen molar-refractivity contribution in [3.05, 3.63) is 60.2 Å². The molecule has 0 bridgehead atoms. The van der Waals surface area contributed by atoms with Crippen LogP contribution in [0.15, 0.2) is 54.6 Å². The van der Waals surface area contributed by atoms with E-state index in [1.54, 1.807) is 19.1 Å². The Morgan fingerprint density at radius 1 is 0.842 bits per heavy atom. The van der Waals surface area contributed by atoms with Crippen LogP contribution in [0.2, 0.25) is 0 Å². The number of hydrogen-bond donors (Lipinski definition) is 0. The molecule has 0 aromatic heterocycles. The Labute approximate surface area is 113 Å². The number of carbonyl (C=O) groups is 2. The molecule has 0 amide bonds. The Hall–Kier alpha value is -2.22. The lowest BCUT2D eigenvalue weighted by Gasteiger charge is -2.03. The zero-order chi connectivity index (χ0) is 13.7. The summed E-state index contributed by atoms with van der Waals surface area (Å²) in [5.41, 5.74) is 2.78. The molecule has 0 radical (unpaired) electrons. The lowest BCUT2D eigenvalue weighted by Crippen LogP contribution is -2.06. The normalized spacial score (nSPS) is 10.2. The van der Waals surface area contributed by atoms with Gasteiger partial charge in [-0.15, -0.1) is 0 Å². The van der Waals surface area contributed by atoms with Crippen molar-refractivity contribution >= 4 is 11.6 Å². The predicted octanol–water partition coefficient (Wildman–Crippen LogP) is 3.91. The minimum atomic E-state index is -0.105. The lowest BCUT2D eigenvalue weighted by molar-refractivity contribution is -0.117. The molecular weight excluding hydrogens is 236 g/mol. The minimum absolute atomic E-state index is 0.00117.